The summed E-state index contributed by atoms with van der Waals surface area (Å²) in [5.41, 5.74) is 4.12. The lowest BCUT2D eigenvalue weighted by atomic mass is 9.98. The van der Waals surface area contributed by atoms with E-state index in [-0.39, 0.29) is 17.7 Å². The second-order valence-corrected chi connectivity index (χ2v) is 7.07. The minimum Gasteiger partial charge on any atom is -0.478 e. The Kier molecular flexibility index (Phi) is 5.12. The summed E-state index contributed by atoms with van der Waals surface area (Å²) in [6.07, 6.45) is 0. The van der Waals surface area contributed by atoms with Gasteiger partial charge in [-0.15, -0.1) is 11.3 Å². The van der Waals surface area contributed by atoms with E-state index in [1.807, 2.05) is 0 Å². The van der Waals surface area contributed by atoms with Crippen LogP contribution >= 0.6 is 11.3 Å². The molecule has 0 unspecified atom stereocenters. The van der Waals surface area contributed by atoms with Crippen LogP contribution in [0.2, 0.25) is 0 Å². The molecular formula is C20H15F2N3O2S. The third-order valence-corrected chi connectivity index (χ3v) is 5.06. The maximum absolute atomic E-state index is 13.5. The lowest BCUT2D eigenvalue weighted by molar-refractivity contribution is -0.132. The van der Waals surface area contributed by atoms with Gasteiger partial charge in [0.05, 0.1) is 27.0 Å². The summed E-state index contributed by atoms with van der Waals surface area (Å²) in [6, 6.07) is 9.65. The third kappa shape index (κ3) is 3.70. The molecule has 2 aromatic carbocycles. The standard InChI is InChI=1S/C20H15F2N3O2S/c1-11(19(26)27)9-24-16-7-14(17-18(15(16)8-23)28-10-25-17)12-3-5-13(6-4-12)20(2,21)22/h3-7,10,24H,1,9H2,2H3,(H,26,27). The van der Waals surface area contributed by atoms with Crippen molar-refractivity contribution in [1.82, 2.24) is 4.98 Å². The molecule has 1 heterocycles. The third-order valence-electron chi connectivity index (χ3n) is 4.22. The molecule has 0 bridgehead atoms. The monoisotopic (exact) mass is 399 g/mol. The van der Waals surface area contributed by atoms with Crippen LogP contribution in [0.15, 0.2) is 48.0 Å². The number of carboxylic acids is 1. The van der Waals surface area contributed by atoms with Crippen LogP contribution in [0.4, 0.5) is 14.5 Å². The average Bonchev–Trinajstić information content (AvgIpc) is 3.14. The average molecular weight is 399 g/mol. The Bertz CT molecular complexity index is 1110. The van der Waals surface area contributed by atoms with Crippen LogP contribution in [0.25, 0.3) is 21.3 Å². The number of alkyl halides is 2. The van der Waals surface area contributed by atoms with Crippen molar-refractivity contribution in [1.29, 1.82) is 5.26 Å². The summed E-state index contributed by atoms with van der Waals surface area (Å²) in [6.45, 7) is 4.25. The number of carbonyl (C=O) groups is 1. The lowest BCUT2D eigenvalue weighted by Gasteiger charge is -2.14. The number of fused-ring (bicyclic) bond motifs is 1. The van der Waals surface area contributed by atoms with Gasteiger partial charge in [0, 0.05) is 30.2 Å². The maximum atomic E-state index is 13.5. The second-order valence-electron chi connectivity index (χ2n) is 6.22. The number of nitrogens with one attached hydrogen (secondary N) is 1. The van der Waals surface area contributed by atoms with Crippen LogP contribution in [0, 0.1) is 11.3 Å². The topological polar surface area (TPSA) is 86.0 Å². The summed E-state index contributed by atoms with van der Waals surface area (Å²) in [7, 11) is 0. The van der Waals surface area contributed by atoms with E-state index in [4.69, 9.17) is 5.11 Å². The Morgan fingerprint density at radius 3 is 2.64 bits per heavy atom. The summed E-state index contributed by atoms with van der Waals surface area (Å²) < 4.78 is 27.6. The fourth-order valence-corrected chi connectivity index (χ4v) is 3.52. The molecule has 3 rings (SSSR count). The van der Waals surface area contributed by atoms with Crippen molar-refractivity contribution in [3.8, 4) is 17.2 Å². The highest BCUT2D eigenvalue weighted by Crippen LogP contribution is 2.38. The fraction of sp³-hybridized carbons (Fsp3) is 0.150. The van der Waals surface area contributed by atoms with Crippen molar-refractivity contribution in [2.24, 2.45) is 0 Å². The zero-order chi connectivity index (χ0) is 20.5. The quantitative estimate of drug-likeness (QED) is 0.570. The van der Waals surface area contributed by atoms with Crippen LogP contribution in [-0.2, 0) is 10.7 Å². The molecule has 0 atom stereocenters. The maximum Gasteiger partial charge on any atom is 0.332 e. The van der Waals surface area contributed by atoms with E-state index in [9.17, 15) is 18.8 Å². The van der Waals surface area contributed by atoms with Gasteiger partial charge in [0.1, 0.15) is 6.07 Å². The SMILES string of the molecule is C=C(CNc1cc(-c2ccc(C(C)(F)F)cc2)c2ncsc2c1C#N)C(=O)O. The molecule has 1 aromatic heterocycles. The molecule has 0 aliphatic rings. The molecule has 2 N–H and O–H groups in total. The fourth-order valence-electron chi connectivity index (χ4n) is 2.71. The predicted octanol–water partition coefficient (Wildman–Crippen LogP) is 5.00. The van der Waals surface area contributed by atoms with Crippen LogP contribution in [0.3, 0.4) is 0 Å². The number of anilines is 1. The van der Waals surface area contributed by atoms with Gasteiger partial charge in [-0.1, -0.05) is 30.8 Å². The Hall–Kier alpha value is -3.31. The lowest BCUT2D eigenvalue weighted by Crippen LogP contribution is -2.12. The smallest absolute Gasteiger partial charge is 0.332 e. The predicted molar refractivity (Wildman–Crippen MR) is 105 cm³/mol. The number of rotatable bonds is 6. The number of hydrogen-bond donors (Lipinski definition) is 2. The highest BCUT2D eigenvalue weighted by molar-refractivity contribution is 7.17. The van der Waals surface area contributed by atoms with Crippen LogP contribution < -0.4 is 5.32 Å². The largest absolute Gasteiger partial charge is 0.478 e. The minimum absolute atomic E-state index is 0.0469. The first-order valence-electron chi connectivity index (χ1n) is 8.16. The Balaban J connectivity index is 2.10. The molecular weight excluding hydrogens is 384 g/mol. The van der Waals surface area contributed by atoms with E-state index in [2.05, 4.69) is 22.9 Å². The molecule has 0 saturated carbocycles. The van der Waals surface area contributed by atoms with Gasteiger partial charge in [-0.05, 0) is 11.6 Å². The van der Waals surface area contributed by atoms with Gasteiger partial charge in [0.2, 0.25) is 0 Å². The highest BCUT2D eigenvalue weighted by Gasteiger charge is 2.24. The van der Waals surface area contributed by atoms with E-state index >= 15 is 0 Å². The Morgan fingerprint density at radius 2 is 2.07 bits per heavy atom. The van der Waals surface area contributed by atoms with Gasteiger partial charge in [-0.25, -0.2) is 18.6 Å². The number of halogens is 2. The van der Waals surface area contributed by atoms with E-state index in [1.54, 1.807) is 23.7 Å². The molecule has 3 aromatic rings. The molecule has 0 aliphatic carbocycles. The zero-order valence-electron chi connectivity index (χ0n) is 14.8. The number of nitrogens with zero attached hydrogens (tertiary/aromatic N) is 2. The Labute approximate surface area is 163 Å². The van der Waals surface area contributed by atoms with Crippen molar-refractivity contribution >= 4 is 33.2 Å². The summed E-state index contributed by atoms with van der Waals surface area (Å²) in [5.74, 6) is -4.08. The van der Waals surface area contributed by atoms with Crippen LogP contribution in [-0.4, -0.2) is 22.6 Å². The number of aliphatic carboxylic acids is 1. The zero-order valence-corrected chi connectivity index (χ0v) is 15.6. The van der Waals surface area contributed by atoms with Gasteiger partial charge in [-0.2, -0.15) is 5.26 Å². The molecule has 0 fully saturated rings. The van der Waals surface area contributed by atoms with Crippen molar-refractivity contribution < 1.29 is 18.7 Å². The van der Waals surface area contributed by atoms with Crippen molar-refractivity contribution in [2.75, 3.05) is 11.9 Å². The minimum atomic E-state index is -2.94. The molecule has 0 saturated heterocycles. The summed E-state index contributed by atoms with van der Waals surface area (Å²) in [4.78, 5) is 15.3. The molecule has 142 valence electrons. The molecule has 28 heavy (non-hydrogen) atoms. The van der Waals surface area contributed by atoms with E-state index in [1.165, 1.54) is 23.5 Å². The van der Waals surface area contributed by atoms with E-state index in [0.29, 0.717) is 32.6 Å². The van der Waals surface area contributed by atoms with Crippen LogP contribution in [0.1, 0.15) is 18.1 Å². The van der Waals surface area contributed by atoms with Crippen molar-refractivity contribution in [2.45, 2.75) is 12.8 Å². The molecule has 0 radical (unpaired) electrons. The molecule has 0 amide bonds. The van der Waals surface area contributed by atoms with Gasteiger partial charge in [0.15, 0.2) is 0 Å². The van der Waals surface area contributed by atoms with Crippen LogP contribution in [0.5, 0.6) is 0 Å². The molecule has 8 heteroatoms. The van der Waals surface area contributed by atoms with Gasteiger partial charge in [0.25, 0.3) is 5.92 Å². The summed E-state index contributed by atoms with van der Waals surface area (Å²) >= 11 is 1.28. The first kappa shape index (κ1) is 19.5. The highest BCUT2D eigenvalue weighted by atomic mass is 32.1. The second kappa shape index (κ2) is 7.37. The van der Waals surface area contributed by atoms with Crippen molar-refractivity contribution in [3.05, 3.63) is 59.1 Å². The van der Waals surface area contributed by atoms with E-state index < -0.39 is 11.9 Å². The molecule has 0 aliphatic heterocycles. The number of aromatic nitrogens is 1. The van der Waals surface area contributed by atoms with Crippen molar-refractivity contribution in [3.63, 3.8) is 0 Å². The van der Waals surface area contributed by atoms with Gasteiger partial charge in [-0.3, -0.25) is 0 Å². The van der Waals surface area contributed by atoms with Gasteiger partial charge < -0.3 is 10.4 Å². The first-order valence-corrected chi connectivity index (χ1v) is 9.04. The summed E-state index contributed by atoms with van der Waals surface area (Å²) in [5, 5.41) is 21.5. The number of nitriles is 1. The van der Waals surface area contributed by atoms with E-state index in [0.717, 1.165) is 6.92 Å². The normalized spacial score (nSPS) is 11.2. The number of thiazole rings is 1. The van der Waals surface area contributed by atoms with Gasteiger partial charge >= 0.3 is 5.97 Å². The number of hydrogen-bond acceptors (Lipinski definition) is 5. The first-order chi connectivity index (χ1) is 13.2. The molecule has 0 spiro atoms. The Morgan fingerprint density at radius 1 is 1.39 bits per heavy atom. The number of benzene rings is 2. The molecule has 5 nitrogen and oxygen atoms in total. The number of carboxylic acid groups (broad SMARTS) is 1.